The number of rotatable bonds is 10. The van der Waals surface area contributed by atoms with Crippen LogP contribution >= 0.6 is 0 Å². The average molecular weight is 478 g/mol. The zero-order valence-corrected chi connectivity index (χ0v) is 18.9. The first-order chi connectivity index (χ1) is 16.9. The number of aromatic nitrogens is 4. The maximum atomic E-state index is 13.6. The first-order valence-electron chi connectivity index (χ1n) is 11.2. The van der Waals surface area contributed by atoms with Gasteiger partial charge in [0.25, 0.3) is 0 Å². The minimum absolute atomic E-state index is 0.0202. The van der Waals surface area contributed by atoms with Crippen LogP contribution in [0, 0.1) is 5.82 Å². The number of imidazole rings is 1. The molecule has 0 saturated heterocycles. The summed E-state index contributed by atoms with van der Waals surface area (Å²) in [7, 11) is 0. The summed E-state index contributed by atoms with van der Waals surface area (Å²) >= 11 is 0. The molecule has 2 heterocycles. The summed E-state index contributed by atoms with van der Waals surface area (Å²) in [6.45, 7) is 0.334. The quantitative estimate of drug-likeness (QED) is 0.339. The van der Waals surface area contributed by atoms with Crippen LogP contribution in [0.5, 0.6) is 0 Å². The molecule has 0 aliphatic rings. The predicted octanol–water partition coefficient (Wildman–Crippen LogP) is 2.96. The Kier molecular flexibility index (Phi) is 7.59. The van der Waals surface area contributed by atoms with Crippen molar-refractivity contribution in [3.63, 3.8) is 0 Å². The van der Waals surface area contributed by atoms with Crippen LogP contribution in [0.2, 0.25) is 0 Å². The Morgan fingerprint density at radius 3 is 2.40 bits per heavy atom. The molecule has 0 fully saturated rings. The molecule has 0 aliphatic heterocycles. The number of hydrogen-bond acceptors (Lipinski definition) is 6. The molecule has 4 N–H and O–H groups in total. The van der Waals surface area contributed by atoms with Gasteiger partial charge in [0.2, 0.25) is 0 Å². The van der Waals surface area contributed by atoms with Crippen LogP contribution in [0.15, 0.2) is 73.2 Å². The minimum atomic E-state index is -1.08. The van der Waals surface area contributed by atoms with Gasteiger partial charge in [0.05, 0.1) is 29.3 Å². The molecule has 0 aliphatic carbocycles. The highest BCUT2D eigenvalue weighted by atomic mass is 19.1. The number of nitrogens with zero attached hydrogens (tertiary/aromatic N) is 4. The number of aliphatic hydroxyl groups excluding tert-OH is 2. The molecule has 2 atom stereocenters. The lowest BCUT2D eigenvalue weighted by Gasteiger charge is -2.17. The van der Waals surface area contributed by atoms with Gasteiger partial charge in [-0.2, -0.15) is 0 Å². The Hall–Kier alpha value is -3.95. The smallest absolute Gasteiger partial charge is 0.518 e. The number of carbonyl (C=O) groups excluding carboxylic acids is 1. The summed E-state index contributed by atoms with van der Waals surface area (Å²) in [5, 5.41) is 27.5. The summed E-state index contributed by atoms with van der Waals surface area (Å²) in [6.07, 6.45) is 1.00. The van der Waals surface area contributed by atoms with E-state index in [1.54, 1.807) is 24.4 Å². The SMILES string of the molecule is O=C([OH2+])C[C@H](O)C[C@H](O)CCn1c(-c2ccccc2)nc(-c2ccc(F)cc2)c1-c1ccncn1. The van der Waals surface area contributed by atoms with Crippen molar-refractivity contribution in [1.82, 2.24) is 19.5 Å². The van der Waals surface area contributed by atoms with E-state index in [1.807, 2.05) is 34.9 Å². The Morgan fingerprint density at radius 2 is 1.74 bits per heavy atom. The van der Waals surface area contributed by atoms with Crippen LogP contribution in [-0.2, 0) is 11.3 Å². The normalized spacial score (nSPS) is 12.9. The maximum absolute atomic E-state index is 13.6. The molecule has 0 saturated carbocycles. The first-order valence-corrected chi connectivity index (χ1v) is 11.2. The van der Waals surface area contributed by atoms with Crippen molar-refractivity contribution in [2.45, 2.75) is 38.0 Å². The number of aliphatic hydroxyl groups is 2. The Morgan fingerprint density at radius 1 is 1.00 bits per heavy atom. The Labute approximate surface area is 201 Å². The molecule has 0 spiro atoms. The van der Waals surface area contributed by atoms with E-state index < -0.39 is 18.2 Å². The second kappa shape index (κ2) is 11.0. The molecule has 4 aromatic rings. The van der Waals surface area contributed by atoms with Gasteiger partial charge in [0.1, 0.15) is 24.4 Å². The van der Waals surface area contributed by atoms with Crippen LogP contribution in [-0.4, -0.2) is 53.0 Å². The Bertz CT molecular complexity index is 1260. The van der Waals surface area contributed by atoms with Gasteiger partial charge in [-0.15, -0.1) is 0 Å². The van der Waals surface area contributed by atoms with Crippen molar-refractivity contribution in [1.29, 1.82) is 0 Å². The molecule has 4 rings (SSSR count). The van der Waals surface area contributed by atoms with Gasteiger partial charge in [0.15, 0.2) is 0 Å². The molecule has 2 aromatic heterocycles. The fourth-order valence-corrected chi connectivity index (χ4v) is 3.99. The second-order valence-electron chi connectivity index (χ2n) is 8.21. The lowest BCUT2D eigenvalue weighted by molar-refractivity contribution is -0.139. The largest absolute Gasteiger partial charge is 0.565 e. The first kappa shape index (κ1) is 24.2. The summed E-state index contributed by atoms with van der Waals surface area (Å²) < 4.78 is 15.6. The molecular formula is C26H26FN4O4+. The lowest BCUT2D eigenvalue weighted by Crippen LogP contribution is -2.22. The van der Waals surface area contributed by atoms with E-state index >= 15 is 0 Å². The number of benzene rings is 2. The van der Waals surface area contributed by atoms with Crippen LogP contribution in [0.3, 0.4) is 0 Å². The van der Waals surface area contributed by atoms with Crippen molar-refractivity contribution >= 4 is 5.97 Å². The van der Waals surface area contributed by atoms with Crippen LogP contribution < -0.4 is 0 Å². The van der Waals surface area contributed by atoms with Crippen LogP contribution in [0.4, 0.5) is 4.39 Å². The maximum Gasteiger partial charge on any atom is 0.518 e. The monoisotopic (exact) mass is 477 g/mol. The van der Waals surface area contributed by atoms with Gasteiger partial charge in [-0.1, -0.05) is 30.3 Å². The molecule has 2 aromatic carbocycles. The fourth-order valence-electron chi connectivity index (χ4n) is 3.99. The van der Waals surface area contributed by atoms with Crippen molar-refractivity contribution in [3.8, 4) is 34.0 Å². The van der Waals surface area contributed by atoms with Gasteiger partial charge in [-0.3, -0.25) is 0 Å². The molecule has 0 unspecified atom stereocenters. The van der Waals surface area contributed by atoms with E-state index in [2.05, 4.69) is 9.97 Å². The van der Waals surface area contributed by atoms with Crippen molar-refractivity contribution in [2.75, 3.05) is 0 Å². The Balaban J connectivity index is 1.78. The summed E-state index contributed by atoms with van der Waals surface area (Å²) in [5.74, 6) is -0.582. The van der Waals surface area contributed by atoms with Crippen molar-refractivity contribution < 1.29 is 24.5 Å². The molecule has 0 radical (unpaired) electrons. The number of carbonyl (C=O) groups is 1. The van der Waals surface area contributed by atoms with E-state index in [0.29, 0.717) is 35.0 Å². The van der Waals surface area contributed by atoms with E-state index in [-0.39, 0.29) is 25.1 Å². The van der Waals surface area contributed by atoms with Crippen LogP contribution in [0.25, 0.3) is 34.0 Å². The number of hydrogen-bond donors (Lipinski definition) is 2. The third-order valence-electron chi connectivity index (χ3n) is 5.59. The summed E-state index contributed by atoms with van der Waals surface area (Å²) in [6, 6.07) is 17.4. The predicted molar refractivity (Wildman–Crippen MR) is 129 cm³/mol. The molecule has 0 amide bonds. The van der Waals surface area contributed by atoms with Gasteiger partial charge >= 0.3 is 5.97 Å². The van der Waals surface area contributed by atoms with Gasteiger partial charge in [0, 0.05) is 35.1 Å². The average Bonchev–Trinajstić information content (AvgIpc) is 3.23. The summed E-state index contributed by atoms with van der Waals surface area (Å²) in [5.41, 5.74) is 3.47. The number of halogens is 1. The second-order valence-corrected chi connectivity index (χ2v) is 8.21. The van der Waals surface area contributed by atoms with E-state index in [4.69, 9.17) is 10.1 Å². The van der Waals surface area contributed by atoms with Gasteiger partial charge < -0.3 is 19.9 Å². The highest BCUT2D eigenvalue weighted by Gasteiger charge is 2.24. The third-order valence-corrected chi connectivity index (χ3v) is 5.59. The fraction of sp³-hybridized carbons (Fsp3) is 0.231. The topological polar surface area (TPSA) is 124 Å². The van der Waals surface area contributed by atoms with Crippen molar-refractivity contribution in [2.24, 2.45) is 0 Å². The third kappa shape index (κ3) is 5.95. The molecule has 8 nitrogen and oxygen atoms in total. The molecule has 35 heavy (non-hydrogen) atoms. The van der Waals surface area contributed by atoms with Crippen LogP contribution in [0.1, 0.15) is 19.3 Å². The highest BCUT2D eigenvalue weighted by Crippen LogP contribution is 2.35. The van der Waals surface area contributed by atoms with E-state index in [1.165, 1.54) is 18.5 Å². The van der Waals surface area contributed by atoms with Gasteiger partial charge in [-0.25, -0.2) is 19.3 Å². The molecular weight excluding hydrogens is 451 g/mol. The zero-order valence-electron chi connectivity index (χ0n) is 18.9. The molecule has 0 bridgehead atoms. The zero-order chi connectivity index (χ0) is 24.8. The lowest BCUT2D eigenvalue weighted by atomic mass is 10.1. The van der Waals surface area contributed by atoms with E-state index in [0.717, 1.165) is 5.56 Å². The molecule has 9 heteroatoms. The molecule has 180 valence electrons. The van der Waals surface area contributed by atoms with Crippen molar-refractivity contribution in [3.05, 3.63) is 79.0 Å². The standard InChI is InChI=1S/C26H25FN4O4/c27-19-8-6-17(7-9-19)24-25(22-10-12-28-16-29-22)31(26(30-24)18-4-2-1-3-5-18)13-11-20(32)14-21(33)15-23(34)35/h1-10,12,16,20-21,32-33H,11,13-15H2,(H,34,35)/p+1/t20-,21-/m1/s1. The van der Waals surface area contributed by atoms with E-state index in [9.17, 15) is 19.4 Å². The van der Waals surface area contributed by atoms with Gasteiger partial charge in [-0.05, 0) is 36.8 Å². The highest BCUT2D eigenvalue weighted by molar-refractivity contribution is 5.80. The summed E-state index contributed by atoms with van der Waals surface area (Å²) in [4.78, 5) is 24.3. The minimum Gasteiger partial charge on any atom is -0.565 e.